The van der Waals surface area contributed by atoms with E-state index in [1.807, 2.05) is 0 Å². The largest absolute Gasteiger partial charge is 0.384 e. The Morgan fingerprint density at radius 2 is 1.68 bits per heavy atom. The Labute approximate surface area is 119 Å². The average molecular weight is 265 g/mol. The summed E-state index contributed by atoms with van der Waals surface area (Å²) in [6.07, 6.45) is 10.3. The third-order valence-electron chi connectivity index (χ3n) is 3.76. The quantitative estimate of drug-likeness (QED) is 0.441. The molecular formula is C17H31NO. The van der Waals surface area contributed by atoms with Crippen molar-refractivity contribution in [1.82, 2.24) is 4.90 Å². The SMILES string of the molecule is CCC#CCCCCCCCCN1CC(COC)C1. The zero-order chi connectivity index (χ0) is 13.8. The van der Waals surface area contributed by atoms with Crippen LogP contribution in [0, 0.1) is 17.8 Å². The van der Waals surface area contributed by atoms with Crippen LogP contribution in [-0.4, -0.2) is 38.3 Å². The minimum absolute atomic E-state index is 0.800. The summed E-state index contributed by atoms with van der Waals surface area (Å²) < 4.78 is 5.16. The Hall–Kier alpha value is -0.520. The predicted molar refractivity (Wildman–Crippen MR) is 82.2 cm³/mol. The first-order valence-electron chi connectivity index (χ1n) is 8.03. The molecule has 2 nitrogen and oxygen atoms in total. The Morgan fingerprint density at radius 1 is 1.00 bits per heavy atom. The van der Waals surface area contributed by atoms with Gasteiger partial charge in [-0.15, -0.1) is 11.8 Å². The maximum atomic E-state index is 5.16. The molecule has 0 amide bonds. The van der Waals surface area contributed by atoms with Gasteiger partial charge in [-0.2, -0.15) is 0 Å². The number of nitrogens with zero attached hydrogens (tertiary/aromatic N) is 1. The second-order valence-corrected chi connectivity index (χ2v) is 5.66. The smallest absolute Gasteiger partial charge is 0.0515 e. The van der Waals surface area contributed by atoms with E-state index in [1.165, 1.54) is 58.2 Å². The summed E-state index contributed by atoms with van der Waals surface area (Å²) in [6.45, 7) is 6.86. The molecule has 0 radical (unpaired) electrons. The van der Waals surface area contributed by atoms with Gasteiger partial charge in [-0.1, -0.05) is 32.6 Å². The van der Waals surface area contributed by atoms with Crippen molar-refractivity contribution in [1.29, 1.82) is 0 Å². The van der Waals surface area contributed by atoms with Crippen LogP contribution in [-0.2, 0) is 4.74 Å². The summed E-state index contributed by atoms with van der Waals surface area (Å²) >= 11 is 0. The van der Waals surface area contributed by atoms with Crippen molar-refractivity contribution in [2.75, 3.05) is 33.4 Å². The number of rotatable bonds is 10. The van der Waals surface area contributed by atoms with Crippen LogP contribution in [0.5, 0.6) is 0 Å². The fourth-order valence-electron chi connectivity index (χ4n) is 2.67. The molecule has 1 saturated heterocycles. The maximum absolute atomic E-state index is 5.16. The standard InChI is InChI=1S/C17H31NO/c1-3-4-5-6-7-8-9-10-11-12-13-18-14-17(15-18)16-19-2/h17H,3,6-16H2,1-2H3. The molecule has 0 aromatic heterocycles. The second kappa shape index (κ2) is 11.3. The highest BCUT2D eigenvalue weighted by Crippen LogP contribution is 2.16. The van der Waals surface area contributed by atoms with Crippen molar-refractivity contribution in [2.45, 2.75) is 58.3 Å². The van der Waals surface area contributed by atoms with Crippen LogP contribution < -0.4 is 0 Å². The second-order valence-electron chi connectivity index (χ2n) is 5.66. The van der Waals surface area contributed by atoms with Crippen LogP contribution >= 0.6 is 0 Å². The van der Waals surface area contributed by atoms with Gasteiger partial charge in [0.15, 0.2) is 0 Å². The van der Waals surface area contributed by atoms with E-state index in [4.69, 9.17) is 4.74 Å². The molecular weight excluding hydrogens is 234 g/mol. The molecule has 0 N–H and O–H groups in total. The molecule has 1 aliphatic heterocycles. The fraction of sp³-hybridized carbons (Fsp3) is 0.882. The first-order chi connectivity index (χ1) is 9.36. The molecule has 1 rings (SSSR count). The number of ether oxygens (including phenoxy) is 1. The molecule has 1 heterocycles. The lowest BCUT2D eigenvalue weighted by molar-refractivity contribution is 0.0334. The molecule has 0 aromatic carbocycles. The summed E-state index contributed by atoms with van der Waals surface area (Å²) in [6, 6.07) is 0. The molecule has 0 aliphatic carbocycles. The Kier molecular flexibility index (Phi) is 9.85. The highest BCUT2D eigenvalue weighted by molar-refractivity contribution is 4.97. The van der Waals surface area contributed by atoms with E-state index in [1.54, 1.807) is 7.11 Å². The van der Waals surface area contributed by atoms with Crippen molar-refractivity contribution in [2.24, 2.45) is 5.92 Å². The van der Waals surface area contributed by atoms with Gasteiger partial charge in [0.05, 0.1) is 6.61 Å². The number of hydrogen-bond acceptors (Lipinski definition) is 2. The molecule has 0 unspecified atom stereocenters. The van der Waals surface area contributed by atoms with Gasteiger partial charge in [-0.05, 0) is 19.4 Å². The lowest BCUT2D eigenvalue weighted by Gasteiger charge is -2.38. The van der Waals surface area contributed by atoms with E-state index in [0.717, 1.165) is 25.4 Å². The van der Waals surface area contributed by atoms with E-state index in [2.05, 4.69) is 23.7 Å². The van der Waals surface area contributed by atoms with Crippen LogP contribution in [0.15, 0.2) is 0 Å². The van der Waals surface area contributed by atoms with Gasteiger partial charge in [0.2, 0.25) is 0 Å². The van der Waals surface area contributed by atoms with E-state index in [-0.39, 0.29) is 0 Å². The molecule has 2 heteroatoms. The lowest BCUT2D eigenvalue weighted by atomic mass is 10.0. The Bertz CT molecular complexity index is 260. The summed E-state index contributed by atoms with van der Waals surface area (Å²) in [5.41, 5.74) is 0. The first-order valence-corrected chi connectivity index (χ1v) is 8.03. The Morgan fingerprint density at radius 3 is 2.37 bits per heavy atom. The molecule has 0 spiro atoms. The number of methoxy groups -OCH3 is 1. The summed E-state index contributed by atoms with van der Waals surface area (Å²) in [5, 5.41) is 0. The van der Waals surface area contributed by atoms with E-state index < -0.39 is 0 Å². The zero-order valence-corrected chi connectivity index (χ0v) is 12.9. The average Bonchev–Trinajstić information content (AvgIpc) is 2.37. The van der Waals surface area contributed by atoms with Crippen molar-refractivity contribution >= 4 is 0 Å². The topological polar surface area (TPSA) is 12.5 Å². The molecule has 0 bridgehead atoms. The lowest BCUT2D eigenvalue weighted by Crippen LogP contribution is -2.48. The zero-order valence-electron chi connectivity index (χ0n) is 12.9. The predicted octanol–water partition coefficient (Wildman–Crippen LogP) is 3.71. The van der Waals surface area contributed by atoms with E-state index in [0.29, 0.717) is 0 Å². The van der Waals surface area contributed by atoms with Crippen molar-refractivity contribution in [3.8, 4) is 11.8 Å². The molecule has 0 aromatic rings. The van der Waals surface area contributed by atoms with Crippen molar-refractivity contribution in [3.05, 3.63) is 0 Å². The Balaban J connectivity index is 1.75. The molecule has 0 saturated carbocycles. The van der Waals surface area contributed by atoms with Gasteiger partial charge in [0.1, 0.15) is 0 Å². The normalized spacial score (nSPS) is 15.9. The number of likely N-dealkylation sites (tertiary alicyclic amines) is 1. The molecule has 1 aliphatic rings. The molecule has 0 atom stereocenters. The number of hydrogen-bond donors (Lipinski definition) is 0. The van der Waals surface area contributed by atoms with Gasteiger partial charge in [0.25, 0.3) is 0 Å². The van der Waals surface area contributed by atoms with E-state index in [9.17, 15) is 0 Å². The molecule has 19 heavy (non-hydrogen) atoms. The van der Waals surface area contributed by atoms with Crippen LogP contribution in [0.3, 0.4) is 0 Å². The van der Waals surface area contributed by atoms with Gasteiger partial charge in [-0.25, -0.2) is 0 Å². The monoisotopic (exact) mass is 265 g/mol. The third kappa shape index (κ3) is 8.29. The van der Waals surface area contributed by atoms with Gasteiger partial charge in [0, 0.05) is 39.0 Å². The first kappa shape index (κ1) is 16.5. The highest BCUT2D eigenvalue weighted by atomic mass is 16.5. The maximum Gasteiger partial charge on any atom is 0.0515 e. The fourth-order valence-corrected chi connectivity index (χ4v) is 2.67. The van der Waals surface area contributed by atoms with E-state index >= 15 is 0 Å². The number of unbranched alkanes of at least 4 members (excludes halogenated alkanes) is 6. The summed E-state index contributed by atoms with van der Waals surface area (Å²) in [4.78, 5) is 2.56. The van der Waals surface area contributed by atoms with Crippen molar-refractivity contribution < 1.29 is 4.74 Å². The van der Waals surface area contributed by atoms with Crippen LogP contribution in [0.4, 0.5) is 0 Å². The van der Waals surface area contributed by atoms with Gasteiger partial charge < -0.3 is 9.64 Å². The summed E-state index contributed by atoms with van der Waals surface area (Å²) in [5.74, 6) is 7.15. The molecule has 1 fully saturated rings. The molecule has 110 valence electrons. The minimum Gasteiger partial charge on any atom is -0.384 e. The van der Waals surface area contributed by atoms with Crippen LogP contribution in [0.25, 0.3) is 0 Å². The van der Waals surface area contributed by atoms with Crippen LogP contribution in [0.1, 0.15) is 58.3 Å². The highest BCUT2D eigenvalue weighted by Gasteiger charge is 2.25. The van der Waals surface area contributed by atoms with Gasteiger partial charge in [-0.3, -0.25) is 0 Å². The van der Waals surface area contributed by atoms with Crippen molar-refractivity contribution in [3.63, 3.8) is 0 Å². The third-order valence-corrected chi connectivity index (χ3v) is 3.76. The summed E-state index contributed by atoms with van der Waals surface area (Å²) in [7, 11) is 1.80. The van der Waals surface area contributed by atoms with Gasteiger partial charge >= 0.3 is 0 Å². The van der Waals surface area contributed by atoms with Crippen LogP contribution in [0.2, 0.25) is 0 Å². The minimum atomic E-state index is 0.800.